The second-order valence-electron chi connectivity index (χ2n) is 3.87. The molecule has 0 unspecified atom stereocenters. The highest BCUT2D eigenvalue weighted by Gasteiger charge is 2.05. The molecule has 0 saturated heterocycles. The summed E-state index contributed by atoms with van der Waals surface area (Å²) in [5.74, 6) is 3.69. The van der Waals surface area contributed by atoms with Gasteiger partial charge in [0.1, 0.15) is 0 Å². The number of hydrogen-bond acceptors (Lipinski definition) is 5. The van der Waals surface area contributed by atoms with Crippen LogP contribution in [0.4, 0.5) is 0 Å². The average molecular weight is 229 g/mol. The fraction of sp³-hybridized carbons (Fsp3) is 0.889. The van der Waals surface area contributed by atoms with Crippen molar-refractivity contribution in [3.63, 3.8) is 0 Å². The van der Waals surface area contributed by atoms with Gasteiger partial charge in [0.05, 0.1) is 5.75 Å². The van der Waals surface area contributed by atoms with Crippen LogP contribution in [0.25, 0.3) is 0 Å². The summed E-state index contributed by atoms with van der Waals surface area (Å²) in [4.78, 5) is 0. The predicted molar refractivity (Wildman–Crippen MR) is 62.5 cm³/mol. The maximum atomic E-state index is 5.45. The van der Waals surface area contributed by atoms with E-state index >= 15 is 0 Å². The summed E-state index contributed by atoms with van der Waals surface area (Å²) in [6, 6.07) is 0. The fourth-order valence-electron chi connectivity index (χ4n) is 1.13. The molecular formula is C9H19N5S. The van der Waals surface area contributed by atoms with E-state index in [0.717, 1.165) is 30.3 Å². The van der Waals surface area contributed by atoms with E-state index in [0.29, 0.717) is 12.5 Å². The van der Waals surface area contributed by atoms with Crippen molar-refractivity contribution >= 4 is 11.8 Å². The van der Waals surface area contributed by atoms with Crippen molar-refractivity contribution in [2.75, 3.05) is 12.3 Å². The summed E-state index contributed by atoms with van der Waals surface area (Å²) in [6.07, 6.45) is 0.923. The van der Waals surface area contributed by atoms with Crippen molar-refractivity contribution in [3.05, 3.63) is 5.82 Å². The summed E-state index contributed by atoms with van der Waals surface area (Å²) in [7, 11) is 0. The zero-order chi connectivity index (χ0) is 11.1. The molecule has 2 N–H and O–H groups in total. The molecule has 5 nitrogen and oxygen atoms in total. The molecule has 0 fully saturated rings. The molecular weight excluding hydrogens is 210 g/mol. The summed E-state index contributed by atoms with van der Waals surface area (Å²) in [5, 5.41) is 11.6. The lowest BCUT2D eigenvalue weighted by Crippen LogP contribution is -2.10. The number of thioether (sulfide) groups is 1. The smallest absolute Gasteiger partial charge is 0.161 e. The third-order valence-corrected chi connectivity index (χ3v) is 3.23. The Morgan fingerprint density at radius 2 is 2.27 bits per heavy atom. The van der Waals surface area contributed by atoms with E-state index in [9.17, 15) is 0 Å². The zero-order valence-corrected chi connectivity index (χ0v) is 10.2. The molecule has 6 heteroatoms. The first-order chi connectivity index (χ1) is 7.24. The molecule has 1 heterocycles. The Morgan fingerprint density at radius 3 is 2.93 bits per heavy atom. The molecule has 0 amide bonds. The second-order valence-corrected chi connectivity index (χ2v) is 4.90. The highest BCUT2D eigenvalue weighted by molar-refractivity contribution is 7.98. The lowest BCUT2D eigenvalue weighted by Gasteiger charge is -2.05. The quantitative estimate of drug-likeness (QED) is 0.752. The molecule has 86 valence electrons. The van der Waals surface area contributed by atoms with Crippen molar-refractivity contribution in [2.45, 2.75) is 32.6 Å². The van der Waals surface area contributed by atoms with Gasteiger partial charge in [-0.25, -0.2) is 4.68 Å². The predicted octanol–water partition coefficient (Wildman–Crippen LogP) is 0.911. The van der Waals surface area contributed by atoms with Gasteiger partial charge in [0.2, 0.25) is 0 Å². The lowest BCUT2D eigenvalue weighted by atomic mass is 10.3. The van der Waals surface area contributed by atoms with Crippen LogP contribution in [0, 0.1) is 5.92 Å². The minimum atomic E-state index is 0.679. The highest BCUT2D eigenvalue weighted by Crippen LogP contribution is 2.12. The molecule has 0 aliphatic carbocycles. The number of nitrogens with two attached hydrogens (primary N) is 1. The van der Waals surface area contributed by atoms with Gasteiger partial charge in [-0.2, -0.15) is 11.8 Å². The van der Waals surface area contributed by atoms with Crippen LogP contribution in [0.5, 0.6) is 0 Å². The third-order valence-electron chi connectivity index (χ3n) is 1.86. The Bertz CT molecular complexity index is 273. The van der Waals surface area contributed by atoms with E-state index in [2.05, 4.69) is 29.4 Å². The van der Waals surface area contributed by atoms with Crippen molar-refractivity contribution in [1.82, 2.24) is 20.2 Å². The number of aryl methyl sites for hydroxylation is 1. The number of hydrogen-bond donors (Lipinski definition) is 1. The van der Waals surface area contributed by atoms with Gasteiger partial charge in [-0.15, -0.1) is 5.10 Å². The topological polar surface area (TPSA) is 69.6 Å². The molecule has 0 saturated carbocycles. The molecule has 0 bridgehead atoms. The largest absolute Gasteiger partial charge is 0.330 e. The Kier molecular flexibility index (Phi) is 5.63. The first-order valence-electron chi connectivity index (χ1n) is 5.27. The Morgan fingerprint density at radius 1 is 1.47 bits per heavy atom. The summed E-state index contributed by atoms with van der Waals surface area (Å²) in [6.45, 7) is 5.92. The van der Waals surface area contributed by atoms with Gasteiger partial charge in [0, 0.05) is 6.54 Å². The van der Waals surface area contributed by atoms with Gasteiger partial charge >= 0.3 is 0 Å². The minimum Gasteiger partial charge on any atom is -0.330 e. The van der Waals surface area contributed by atoms with Crippen LogP contribution in [-0.2, 0) is 12.3 Å². The van der Waals surface area contributed by atoms with Gasteiger partial charge in [-0.1, -0.05) is 13.8 Å². The van der Waals surface area contributed by atoms with Gasteiger partial charge in [-0.05, 0) is 35.1 Å². The monoisotopic (exact) mass is 229 g/mol. The molecule has 0 aliphatic heterocycles. The van der Waals surface area contributed by atoms with E-state index in [1.165, 1.54) is 0 Å². The molecule has 1 aromatic rings. The van der Waals surface area contributed by atoms with Crippen LogP contribution in [0.15, 0.2) is 0 Å². The van der Waals surface area contributed by atoms with Crippen LogP contribution in [0.3, 0.4) is 0 Å². The molecule has 0 spiro atoms. The maximum Gasteiger partial charge on any atom is 0.161 e. The van der Waals surface area contributed by atoms with E-state index in [-0.39, 0.29) is 0 Å². The van der Waals surface area contributed by atoms with E-state index in [4.69, 9.17) is 5.73 Å². The first-order valence-corrected chi connectivity index (χ1v) is 6.42. The molecule has 0 aromatic carbocycles. The average Bonchev–Trinajstić information content (AvgIpc) is 2.62. The van der Waals surface area contributed by atoms with Gasteiger partial charge in [0.25, 0.3) is 0 Å². The van der Waals surface area contributed by atoms with E-state index in [1.807, 2.05) is 16.4 Å². The van der Waals surface area contributed by atoms with Crippen LogP contribution >= 0.6 is 11.8 Å². The van der Waals surface area contributed by atoms with Crippen molar-refractivity contribution in [2.24, 2.45) is 11.7 Å². The van der Waals surface area contributed by atoms with Gasteiger partial charge in [0.15, 0.2) is 5.82 Å². The van der Waals surface area contributed by atoms with Crippen LogP contribution in [0.1, 0.15) is 26.1 Å². The normalized spacial score (nSPS) is 11.2. The lowest BCUT2D eigenvalue weighted by molar-refractivity contribution is 0.550. The molecule has 1 aromatic heterocycles. The summed E-state index contributed by atoms with van der Waals surface area (Å²) in [5.41, 5.74) is 5.45. The van der Waals surface area contributed by atoms with E-state index < -0.39 is 0 Å². The Hall–Kier alpha value is -0.620. The Balaban J connectivity index is 2.35. The van der Waals surface area contributed by atoms with Gasteiger partial charge < -0.3 is 5.73 Å². The zero-order valence-electron chi connectivity index (χ0n) is 9.39. The van der Waals surface area contributed by atoms with Crippen molar-refractivity contribution in [1.29, 1.82) is 0 Å². The highest BCUT2D eigenvalue weighted by atomic mass is 32.2. The standard InChI is InChI=1S/C9H19N5S/c1-8(2)6-15-7-9-11-12-13-14(9)5-3-4-10/h8H,3-7,10H2,1-2H3. The Labute approximate surface area is 94.8 Å². The van der Waals surface area contributed by atoms with Crippen LogP contribution < -0.4 is 5.73 Å². The molecule has 15 heavy (non-hydrogen) atoms. The van der Waals surface area contributed by atoms with Crippen LogP contribution in [-0.4, -0.2) is 32.5 Å². The molecule has 1 rings (SSSR count). The summed E-state index contributed by atoms with van der Waals surface area (Å²) >= 11 is 1.87. The maximum absolute atomic E-state index is 5.45. The second kappa shape index (κ2) is 6.79. The van der Waals surface area contributed by atoms with E-state index in [1.54, 1.807) is 0 Å². The SMILES string of the molecule is CC(C)CSCc1nnnn1CCCN. The third kappa shape index (κ3) is 4.61. The van der Waals surface area contributed by atoms with Crippen molar-refractivity contribution < 1.29 is 0 Å². The number of aromatic nitrogens is 4. The number of rotatable bonds is 7. The summed E-state index contributed by atoms with van der Waals surface area (Å²) < 4.78 is 1.85. The minimum absolute atomic E-state index is 0.679. The molecule has 0 atom stereocenters. The van der Waals surface area contributed by atoms with Gasteiger partial charge in [-0.3, -0.25) is 0 Å². The molecule has 0 aliphatic rings. The number of tetrazole rings is 1. The first kappa shape index (κ1) is 12.4. The van der Waals surface area contributed by atoms with Crippen molar-refractivity contribution in [3.8, 4) is 0 Å². The fourth-order valence-corrected chi connectivity index (χ4v) is 2.11. The van der Waals surface area contributed by atoms with Crippen LogP contribution in [0.2, 0.25) is 0 Å². The molecule has 0 radical (unpaired) electrons. The number of nitrogens with zero attached hydrogens (tertiary/aromatic N) is 4.